The molecule has 2 aromatic rings. The Morgan fingerprint density at radius 1 is 1.10 bits per heavy atom. The van der Waals surface area contributed by atoms with Gasteiger partial charge in [-0.25, -0.2) is 9.40 Å². The SMILES string of the molecule is Cc1cccc(C2=NN(C(=O)CN3CCN(C)CC3)C(c3ccccc3F)C2)c1. The Balaban J connectivity index is 1.60. The van der Waals surface area contributed by atoms with Gasteiger partial charge in [0.15, 0.2) is 0 Å². The molecule has 0 saturated carbocycles. The summed E-state index contributed by atoms with van der Waals surface area (Å²) in [6, 6.07) is 14.4. The molecule has 0 bridgehead atoms. The summed E-state index contributed by atoms with van der Waals surface area (Å²) in [6.45, 7) is 5.94. The van der Waals surface area contributed by atoms with Crippen LogP contribution in [0.2, 0.25) is 0 Å². The smallest absolute Gasteiger partial charge is 0.257 e. The molecule has 5 nitrogen and oxygen atoms in total. The minimum absolute atomic E-state index is 0.0783. The molecule has 1 unspecified atom stereocenters. The van der Waals surface area contributed by atoms with Crippen molar-refractivity contribution in [1.29, 1.82) is 0 Å². The van der Waals surface area contributed by atoms with Crippen molar-refractivity contribution < 1.29 is 9.18 Å². The Morgan fingerprint density at radius 3 is 2.59 bits per heavy atom. The molecule has 29 heavy (non-hydrogen) atoms. The molecule has 0 aromatic heterocycles. The van der Waals surface area contributed by atoms with Crippen molar-refractivity contribution in [1.82, 2.24) is 14.8 Å². The molecule has 2 aromatic carbocycles. The van der Waals surface area contributed by atoms with Gasteiger partial charge in [-0.05, 0) is 25.6 Å². The van der Waals surface area contributed by atoms with Crippen LogP contribution in [0, 0.1) is 12.7 Å². The monoisotopic (exact) mass is 394 g/mol. The Bertz CT molecular complexity index is 921. The molecular formula is C23H27FN4O. The number of aryl methyl sites for hydroxylation is 1. The maximum atomic E-state index is 14.6. The van der Waals surface area contributed by atoms with E-state index in [0.717, 1.165) is 43.0 Å². The Labute approximate surface area is 171 Å². The molecule has 6 heteroatoms. The number of hydrogen-bond acceptors (Lipinski definition) is 4. The molecule has 0 N–H and O–H groups in total. The van der Waals surface area contributed by atoms with Gasteiger partial charge < -0.3 is 4.90 Å². The van der Waals surface area contributed by atoms with Crippen LogP contribution < -0.4 is 0 Å². The predicted octanol–water partition coefficient (Wildman–Crippen LogP) is 3.06. The highest BCUT2D eigenvalue weighted by Gasteiger charge is 2.35. The lowest BCUT2D eigenvalue weighted by Gasteiger charge is -2.33. The number of piperazine rings is 1. The van der Waals surface area contributed by atoms with Gasteiger partial charge in [0.1, 0.15) is 5.82 Å². The standard InChI is InChI=1S/C23H27FN4O/c1-17-6-5-7-18(14-17)21-15-22(19-8-3-4-9-20(19)24)28(25-21)23(29)16-27-12-10-26(2)11-13-27/h3-9,14,22H,10-13,15-16H2,1-2H3. The summed E-state index contributed by atoms with van der Waals surface area (Å²) in [5.41, 5.74) is 3.47. The molecule has 1 saturated heterocycles. The third-order valence-electron chi connectivity index (χ3n) is 5.74. The number of halogens is 1. The van der Waals surface area contributed by atoms with Gasteiger partial charge in [0.2, 0.25) is 0 Å². The van der Waals surface area contributed by atoms with E-state index in [2.05, 4.69) is 28.0 Å². The fraction of sp³-hybridized carbons (Fsp3) is 0.391. The van der Waals surface area contributed by atoms with Crippen LogP contribution in [0.5, 0.6) is 0 Å². The lowest BCUT2D eigenvalue weighted by molar-refractivity contribution is -0.134. The van der Waals surface area contributed by atoms with Crippen LogP contribution in [-0.2, 0) is 4.79 Å². The molecule has 152 valence electrons. The number of hydrogen-bond donors (Lipinski definition) is 0. The third kappa shape index (κ3) is 4.38. The number of likely N-dealkylation sites (N-methyl/N-ethyl adjacent to an activating group) is 1. The van der Waals surface area contributed by atoms with Crippen molar-refractivity contribution in [3.63, 3.8) is 0 Å². The zero-order chi connectivity index (χ0) is 20.4. The molecule has 0 radical (unpaired) electrons. The topological polar surface area (TPSA) is 39.2 Å². The molecule has 2 heterocycles. The van der Waals surface area contributed by atoms with Crippen LogP contribution in [-0.4, -0.2) is 66.2 Å². The highest BCUT2D eigenvalue weighted by molar-refractivity contribution is 6.03. The van der Waals surface area contributed by atoms with Crippen molar-refractivity contribution in [3.05, 3.63) is 71.0 Å². The second kappa shape index (κ2) is 8.43. The fourth-order valence-electron chi connectivity index (χ4n) is 4.00. The highest BCUT2D eigenvalue weighted by atomic mass is 19.1. The lowest BCUT2D eigenvalue weighted by atomic mass is 9.97. The Kier molecular flexibility index (Phi) is 5.74. The normalized spacial score (nSPS) is 20.7. The maximum absolute atomic E-state index is 14.6. The maximum Gasteiger partial charge on any atom is 0.257 e. The van der Waals surface area contributed by atoms with Gasteiger partial charge >= 0.3 is 0 Å². The first kappa shape index (κ1) is 19.7. The summed E-state index contributed by atoms with van der Waals surface area (Å²) >= 11 is 0. The summed E-state index contributed by atoms with van der Waals surface area (Å²) in [7, 11) is 2.09. The number of carbonyl (C=O) groups is 1. The minimum Gasteiger partial charge on any atom is -0.304 e. The molecule has 1 atom stereocenters. The summed E-state index contributed by atoms with van der Waals surface area (Å²) in [4.78, 5) is 17.6. The average Bonchev–Trinajstić information content (AvgIpc) is 3.15. The predicted molar refractivity (Wildman–Crippen MR) is 112 cm³/mol. The van der Waals surface area contributed by atoms with Crippen LogP contribution in [0.3, 0.4) is 0 Å². The number of rotatable bonds is 4. The van der Waals surface area contributed by atoms with Crippen molar-refractivity contribution in [3.8, 4) is 0 Å². The fourth-order valence-corrected chi connectivity index (χ4v) is 4.00. The average molecular weight is 394 g/mol. The zero-order valence-electron chi connectivity index (χ0n) is 17.0. The molecule has 4 rings (SSSR count). The van der Waals surface area contributed by atoms with Gasteiger partial charge in [-0.2, -0.15) is 5.10 Å². The van der Waals surface area contributed by atoms with E-state index in [9.17, 15) is 9.18 Å². The van der Waals surface area contributed by atoms with Crippen molar-refractivity contribution in [2.45, 2.75) is 19.4 Å². The second-order valence-corrected chi connectivity index (χ2v) is 7.98. The molecule has 0 aliphatic carbocycles. The first-order valence-corrected chi connectivity index (χ1v) is 10.1. The largest absolute Gasteiger partial charge is 0.304 e. The van der Waals surface area contributed by atoms with Crippen LogP contribution in [0.25, 0.3) is 0 Å². The van der Waals surface area contributed by atoms with Crippen LogP contribution in [0.4, 0.5) is 4.39 Å². The van der Waals surface area contributed by atoms with Crippen molar-refractivity contribution in [2.24, 2.45) is 5.10 Å². The van der Waals surface area contributed by atoms with Crippen molar-refractivity contribution in [2.75, 3.05) is 39.8 Å². The highest BCUT2D eigenvalue weighted by Crippen LogP contribution is 2.34. The molecule has 2 aliphatic heterocycles. The van der Waals surface area contributed by atoms with Crippen LogP contribution >= 0.6 is 0 Å². The molecule has 1 fully saturated rings. The van der Waals surface area contributed by atoms with Gasteiger partial charge in [-0.1, -0.05) is 48.0 Å². The molecular weight excluding hydrogens is 367 g/mol. The summed E-state index contributed by atoms with van der Waals surface area (Å²) < 4.78 is 14.6. The van der Waals surface area contributed by atoms with E-state index in [1.54, 1.807) is 12.1 Å². The van der Waals surface area contributed by atoms with Gasteiger partial charge in [-0.15, -0.1) is 0 Å². The van der Waals surface area contributed by atoms with E-state index in [-0.39, 0.29) is 11.7 Å². The van der Waals surface area contributed by atoms with Gasteiger partial charge in [-0.3, -0.25) is 9.69 Å². The van der Waals surface area contributed by atoms with Gasteiger partial charge in [0, 0.05) is 38.2 Å². The van der Waals surface area contributed by atoms with Crippen LogP contribution in [0.1, 0.15) is 29.2 Å². The lowest BCUT2D eigenvalue weighted by Crippen LogP contribution is -2.48. The summed E-state index contributed by atoms with van der Waals surface area (Å²) in [6.07, 6.45) is 0.513. The number of amides is 1. The van der Waals surface area contributed by atoms with Gasteiger partial charge in [0.25, 0.3) is 5.91 Å². The molecule has 2 aliphatic rings. The second-order valence-electron chi connectivity index (χ2n) is 7.98. The van der Waals surface area contributed by atoms with E-state index in [0.29, 0.717) is 18.5 Å². The minimum atomic E-state index is -0.410. The van der Waals surface area contributed by atoms with E-state index < -0.39 is 6.04 Å². The number of carbonyl (C=O) groups excluding carboxylic acids is 1. The molecule has 1 amide bonds. The van der Waals surface area contributed by atoms with Crippen LogP contribution in [0.15, 0.2) is 53.6 Å². The summed E-state index contributed by atoms with van der Waals surface area (Å²) in [5.74, 6) is -0.374. The first-order chi connectivity index (χ1) is 14.0. The van der Waals surface area contributed by atoms with E-state index in [1.807, 2.05) is 31.2 Å². The molecule has 0 spiro atoms. The first-order valence-electron chi connectivity index (χ1n) is 10.1. The van der Waals surface area contributed by atoms with E-state index in [4.69, 9.17) is 0 Å². The van der Waals surface area contributed by atoms with Gasteiger partial charge in [0.05, 0.1) is 18.3 Å². The Hall–Kier alpha value is -2.57. The quantitative estimate of drug-likeness (QED) is 0.800. The zero-order valence-corrected chi connectivity index (χ0v) is 17.0. The third-order valence-corrected chi connectivity index (χ3v) is 5.74. The van der Waals surface area contributed by atoms with E-state index >= 15 is 0 Å². The number of benzene rings is 2. The Morgan fingerprint density at radius 2 is 1.86 bits per heavy atom. The number of hydrazone groups is 1. The summed E-state index contributed by atoms with van der Waals surface area (Å²) in [5, 5.41) is 6.18. The number of nitrogens with zero attached hydrogens (tertiary/aromatic N) is 4. The van der Waals surface area contributed by atoms with Crippen molar-refractivity contribution >= 4 is 11.6 Å². The van der Waals surface area contributed by atoms with E-state index in [1.165, 1.54) is 11.1 Å².